The van der Waals surface area contributed by atoms with Crippen molar-refractivity contribution in [3.05, 3.63) is 53.9 Å². The summed E-state index contributed by atoms with van der Waals surface area (Å²) in [7, 11) is -3.81. The Kier molecular flexibility index (Phi) is 7.25. The summed E-state index contributed by atoms with van der Waals surface area (Å²) in [6.07, 6.45) is 7.40. The van der Waals surface area contributed by atoms with Crippen molar-refractivity contribution in [2.24, 2.45) is 5.73 Å². The van der Waals surface area contributed by atoms with Gasteiger partial charge in [-0.2, -0.15) is 0 Å². The van der Waals surface area contributed by atoms with E-state index >= 15 is 0 Å². The Bertz CT molecular complexity index is 1290. The molecule has 1 saturated carbocycles. The van der Waals surface area contributed by atoms with Gasteiger partial charge in [0, 0.05) is 41.2 Å². The van der Waals surface area contributed by atoms with Crippen LogP contribution in [0.4, 0.5) is 4.79 Å². The smallest absolute Gasteiger partial charge is 0.404 e. The van der Waals surface area contributed by atoms with Gasteiger partial charge < -0.3 is 10.5 Å². The van der Waals surface area contributed by atoms with Gasteiger partial charge in [-0.3, -0.25) is 4.98 Å². The quantitative estimate of drug-likeness (QED) is 0.473. The number of nitrogens with one attached hydrogen (secondary N) is 1. The van der Waals surface area contributed by atoms with E-state index in [1.54, 1.807) is 24.7 Å². The third-order valence-corrected chi connectivity index (χ3v) is 8.79. The summed E-state index contributed by atoms with van der Waals surface area (Å²) in [6, 6.07) is 9.18. The monoisotopic (exact) mass is 514 g/mol. The van der Waals surface area contributed by atoms with Crippen LogP contribution in [0.2, 0.25) is 0 Å². The average Bonchev–Trinajstić information content (AvgIpc) is 3.28. The molecule has 1 amide bonds. The lowest BCUT2D eigenvalue weighted by Crippen LogP contribution is -2.40. The van der Waals surface area contributed by atoms with Crippen LogP contribution in [0.3, 0.4) is 0 Å². The van der Waals surface area contributed by atoms with Crippen molar-refractivity contribution in [1.82, 2.24) is 14.7 Å². The summed E-state index contributed by atoms with van der Waals surface area (Å²) in [5, 5.41) is 0.959. The number of hydrogen-bond donors (Lipinski definition) is 2. The highest BCUT2D eigenvalue weighted by atomic mass is 32.2. The summed E-state index contributed by atoms with van der Waals surface area (Å²) in [6.45, 7) is 5.45. The van der Waals surface area contributed by atoms with Gasteiger partial charge in [0.05, 0.1) is 14.8 Å². The third-order valence-electron chi connectivity index (χ3n) is 5.80. The maximum Gasteiger partial charge on any atom is 0.404 e. The van der Waals surface area contributed by atoms with Crippen LogP contribution in [0.15, 0.2) is 53.8 Å². The summed E-state index contributed by atoms with van der Waals surface area (Å²) < 4.78 is 34.8. The number of thiazole rings is 1. The first-order valence-electron chi connectivity index (χ1n) is 11.5. The lowest BCUT2D eigenvalue weighted by Gasteiger charge is -2.26. The maximum atomic E-state index is 13.5. The predicted molar refractivity (Wildman–Crippen MR) is 137 cm³/mol. The molecule has 1 aliphatic rings. The van der Waals surface area contributed by atoms with Crippen LogP contribution in [0.1, 0.15) is 57.4 Å². The van der Waals surface area contributed by atoms with E-state index in [9.17, 15) is 13.2 Å². The van der Waals surface area contributed by atoms with Crippen molar-refractivity contribution in [3.8, 4) is 21.6 Å². The Labute approximate surface area is 210 Å². The fraction of sp³-hybridized carbons (Fsp3) is 0.400. The van der Waals surface area contributed by atoms with Crippen molar-refractivity contribution in [2.75, 3.05) is 0 Å². The molecule has 10 heteroatoms. The van der Waals surface area contributed by atoms with Crippen molar-refractivity contribution in [2.45, 2.75) is 68.9 Å². The normalized spacial score (nSPS) is 18.8. The molecule has 3 aromatic rings. The number of hydrogen-bond acceptors (Lipinski definition) is 7. The highest BCUT2D eigenvalue weighted by Gasteiger charge is 2.29. The van der Waals surface area contributed by atoms with Gasteiger partial charge in [0.25, 0.3) is 0 Å². The Balaban J connectivity index is 1.67. The molecule has 0 aliphatic heterocycles. The van der Waals surface area contributed by atoms with Gasteiger partial charge in [-0.1, -0.05) is 18.2 Å². The standard InChI is InChI=1S/C25H30N4O4S2/c1-25(2,3)29-35(31,32)22-13-17(18-5-4-12-27-14-18)8-11-20(22)21-15-28-23(34-21)16-6-9-19(10-7-16)33-24(26)30/h4-5,8,11-16,19,29H,6-7,9-10H2,1-3H3,(H2,26,30)/t16-,19-. The van der Waals surface area contributed by atoms with Crippen LogP contribution in [0, 0.1) is 0 Å². The molecule has 1 aliphatic carbocycles. The molecular weight excluding hydrogens is 484 g/mol. The van der Waals surface area contributed by atoms with Crippen LogP contribution in [0.25, 0.3) is 21.6 Å². The first-order chi connectivity index (χ1) is 16.5. The number of nitrogens with two attached hydrogens (primary N) is 1. The number of aromatic nitrogens is 2. The van der Waals surface area contributed by atoms with Gasteiger partial charge in [-0.25, -0.2) is 22.9 Å². The number of nitrogens with zero attached hydrogens (tertiary/aromatic N) is 2. The Morgan fingerprint density at radius 1 is 1.11 bits per heavy atom. The van der Waals surface area contributed by atoms with Crippen LogP contribution < -0.4 is 10.5 Å². The minimum atomic E-state index is -3.81. The second-order valence-corrected chi connectivity index (χ2v) is 12.5. The van der Waals surface area contributed by atoms with Crippen molar-refractivity contribution >= 4 is 27.5 Å². The zero-order chi connectivity index (χ0) is 25.2. The van der Waals surface area contributed by atoms with Crippen LogP contribution in [0.5, 0.6) is 0 Å². The molecule has 2 aromatic heterocycles. The fourth-order valence-corrected chi connectivity index (χ4v) is 7.17. The summed E-state index contributed by atoms with van der Waals surface area (Å²) in [4.78, 5) is 20.8. The van der Waals surface area contributed by atoms with Crippen LogP contribution >= 0.6 is 11.3 Å². The predicted octanol–water partition coefficient (Wildman–Crippen LogP) is 5.07. The fourth-order valence-electron chi connectivity index (χ4n) is 4.31. The lowest BCUT2D eigenvalue weighted by molar-refractivity contribution is 0.0787. The van der Waals surface area contributed by atoms with Crippen LogP contribution in [-0.4, -0.2) is 36.1 Å². The molecule has 2 heterocycles. The van der Waals surface area contributed by atoms with Crippen molar-refractivity contribution in [3.63, 3.8) is 0 Å². The van der Waals surface area contributed by atoms with E-state index in [2.05, 4.69) is 14.7 Å². The zero-order valence-electron chi connectivity index (χ0n) is 20.0. The third kappa shape index (κ3) is 6.25. The summed E-state index contributed by atoms with van der Waals surface area (Å²) >= 11 is 1.51. The number of benzene rings is 1. The molecule has 0 atom stereocenters. The number of ether oxygens (including phenoxy) is 1. The molecule has 0 radical (unpaired) electrons. The topological polar surface area (TPSA) is 124 Å². The number of carbonyl (C=O) groups is 1. The Hall–Kier alpha value is -2.82. The molecule has 0 spiro atoms. The molecule has 4 rings (SSSR count). The molecule has 35 heavy (non-hydrogen) atoms. The Morgan fingerprint density at radius 3 is 2.49 bits per heavy atom. The van der Waals surface area contributed by atoms with E-state index in [1.165, 1.54) is 11.3 Å². The zero-order valence-corrected chi connectivity index (χ0v) is 21.7. The largest absolute Gasteiger partial charge is 0.446 e. The van der Waals surface area contributed by atoms with Crippen molar-refractivity contribution in [1.29, 1.82) is 0 Å². The average molecular weight is 515 g/mol. The first-order valence-corrected chi connectivity index (χ1v) is 13.8. The number of carbonyl (C=O) groups excluding carboxylic acids is 1. The van der Waals surface area contributed by atoms with E-state index in [1.807, 2.05) is 45.0 Å². The van der Waals surface area contributed by atoms with E-state index < -0.39 is 21.7 Å². The highest BCUT2D eigenvalue weighted by Crippen LogP contribution is 2.40. The molecule has 0 bridgehead atoms. The van der Waals surface area contributed by atoms with Gasteiger partial charge in [0.1, 0.15) is 6.10 Å². The number of sulfonamides is 1. The molecule has 186 valence electrons. The summed E-state index contributed by atoms with van der Waals surface area (Å²) in [5.74, 6) is 0.240. The van der Waals surface area contributed by atoms with Crippen molar-refractivity contribution < 1.29 is 17.9 Å². The maximum absolute atomic E-state index is 13.5. The molecule has 3 N–H and O–H groups in total. The van der Waals surface area contributed by atoms with Gasteiger partial charge in [0.15, 0.2) is 0 Å². The van der Waals surface area contributed by atoms with Crippen LogP contribution in [-0.2, 0) is 14.8 Å². The van der Waals surface area contributed by atoms with E-state index in [0.717, 1.165) is 46.7 Å². The van der Waals surface area contributed by atoms with E-state index in [0.29, 0.717) is 5.56 Å². The lowest BCUT2D eigenvalue weighted by atomic mass is 9.88. The molecular formula is C25H30N4O4S2. The molecule has 1 aromatic carbocycles. The molecule has 8 nitrogen and oxygen atoms in total. The number of rotatable bonds is 6. The number of primary amides is 1. The minimum absolute atomic E-state index is 0.150. The second-order valence-electron chi connectivity index (χ2n) is 9.78. The molecule has 0 unspecified atom stereocenters. The second kappa shape index (κ2) is 10.0. The SMILES string of the molecule is CC(C)(C)NS(=O)(=O)c1cc(-c2cccnc2)ccc1-c1cnc([C@H]2CC[C@H](OC(N)=O)CC2)s1. The van der Waals surface area contributed by atoms with Gasteiger partial charge in [0.2, 0.25) is 10.0 Å². The van der Waals surface area contributed by atoms with E-state index in [4.69, 9.17) is 10.5 Å². The van der Waals surface area contributed by atoms with Gasteiger partial charge >= 0.3 is 6.09 Å². The summed E-state index contributed by atoms with van der Waals surface area (Å²) in [5.41, 5.74) is 6.73. The number of pyridine rings is 1. The van der Waals surface area contributed by atoms with E-state index in [-0.39, 0.29) is 16.9 Å². The minimum Gasteiger partial charge on any atom is -0.446 e. The van der Waals surface area contributed by atoms with Gasteiger partial charge in [-0.05, 0) is 64.2 Å². The Morgan fingerprint density at radius 2 is 1.86 bits per heavy atom. The molecule has 1 fully saturated rings. The van der Waals surface area contributed by atoms with Gasteiger partial charge in [-0.15, -0.1) is 11.3 Å². The number of amides is 1. The molecule has 0 saturated heterocycles. The highest BCUT2D eigenvalue weighted by molar-refractivity contribution is 7.89. The first kappa shape index (κ1) is 25.3.